The molecule has 0 aromatic carbocycles. The molecule has 0 radical (unpaired) electrons. The molecule has 0 fully saturated rings. The van der Waals surface area contributed by atoms with Crippen molar-refractivity contribution in [1.29, 1.82) is 0 Å². The van der Waals surface area contributed by atoms with Crippen molar-refractivity contribution in [2.75, 3.05) is 0 Å². The van der Waals surface area contributed by atoms with E-state index in [0.29, 0.717) is 11.1 Å². The van der Waals surface area contributed by atoms with E-state index in [0.717, 1.165) is 0 Å². The second-order valence-corrected chi connectivity index (χ2v) is 2.96. The van der Waals surface area contributed by atoms with E-state index < -0.39 is 11.9 Å². The predicted molar refractivity (Wildman–Crippen MR) is 48.3 cm³/mol. The first kappa shape index (κ1) is 12.9. The molecule has 0 aliphatic rings. The molecule has 4 nitrogen and oxygen atoms in total. The molecule has 0 spiro atoms. The summed E-state index contributed by atoms with van der Waals surface area (Å²) < 4.78 is 12.5. The molecule has 6 heteroatoms. The number of nitrogens with zero attached hydrogens (tertiary/aromatic N) is 1. The van der Waals surface area contributed by atoms with Crippen molar-refractivity contribution in [1.82, 2.24) is 9.97 Å². The average molecular weight is 228 g/mol. The van der Waals surface area contributed by atoms with Crippen LogP contribution in [-0.4, -0.2) is 15.9 Å². The summed E-state index contributed by atoms with van der Waals surface area (Å²) in [5.41, 5.74) is 1.25. The molecule has 0 saturated heterocycles. The molecule has 16 heavy (non-hydrogen) atoms. The van der Waals surface area contributed by atoms with E-state index in [1.807, 2.05) is 0 Å². The molecule has 0 unspecified atom stereocenters. The van der Waals surface area contributed by atoms with Crippen LogP contribution in [0.25, 0.3) is 11.1 Å². The van der Waals surface area contributed by atoms with Crippen LogP contribution < -0.4 is 34.7 Å². The largest absolute Gasteiger partial charge is 1.00 e. The Bertz CT molecular complexity index is 496. The van der Waals surface area contributed by atoms with E-state index in [2.05, 4.69) is 9.97 Å². The number of hydrogen-bond donors (Lipinski definition) is 1. The Labute approximate surface area is 113 Å². The third-order valence-electron chi connectivity index (χ3n) is 1.96. The Hall–Kier alpha value is -1.17. The number of carbonyl (C=O) groups is 1. The van der Waals surface area contributed by atoms with Crippen molar-refractivity contribution in [3.8, 4) is 11.1 Å². The fourth-order valence-electron chi connectivity index (χ4n) is 1.23. The van der Waals surface area contributed by atoms with Crippen molar-refractivity contribution in [2.45, 2.75) is 0 Å². The van der Waals surface area contributed by atoms with Gasteiger partial charge in [0.2, 0.25) is 5.95 Å². The van der Waals surface area contributed by atoms with Gasteiger partial charge in [-0.2, -0.15) is 4.39 Å². The van der Waals surface area contributed by atoms with E-state index in [9.17, 15) is 14.3 Å². The Balaban J connectivity index is 0.00000128. The van der Waals surface area contributed by atoms with Crippen molar-refractivity contribution >= 4 is 5.97 Å². The molecule has 2 aromatic rings. The van der Waals surface area contributed by atoms with Gasteiger partial charge >= 0.3 is 29.6 Å². The number of H-pyrrole nitrogens is 1. The molecule has 0 atom stereocenters. The molecular formula is C10H6FN2NaO2. The Morgan fingerprint density at radius 3 is 2.62 bits per heavy atom. The second kappa shape index (κ2) is 5.25. The Morgan fingerprint density at radius 2 is 2.12 bits per heavy atom. The van der Waals surface area contributed by atoms with Crippen LogP contribution in [0.2, 0.25) is 0 Å². The van der Waals surface area contributed by atoms with Gasteiger partial charge < -0.3 is 14.9 Å². The normalized spacial score (nSPS) is 9.56. The number of aromatic carboxylic acids is 1. The summed E-state index contributed by atoms with van der Waals surface area (Å²) in [5.74, 6) is -1.86. The maximum absolute atomic E-state index is 12.5. The second-order valence-electron chi connectivity index (χ2n) is 2.96. The fraction of sp³-hybridized carbons (Fsp3) is 0. The summed E-state index contributed by atoms with van der Waals surface area (Å²) in [7, 11) is 0. The summed E-state index contributed by atoms with van der Waals surface area (Å²) >= 11 is 0. The minimum absolute atomic E-state index is 0. The van der Waals surface area contributed by atoms with Gasteiger partial charge in [-0.05, 0) is 18.2 Å². The van der Waals surface area contributed by atoms with Crippen molar-refractivity contribution < 1.29 is 43.8 Å². The van der Waals surface area contributed by atoms with Gasteiger partial charge in [-0.1, -0.05) is 0 Å². The van der Waals surface area contributed by atoms with Crippen LogP contribution in [0.4, 0.5) is 4.39 Å². The summed E-state index contributed by atoms with van der Waals surface area (Å²) in [6.07, 6.45) is 2.83. The topological polar surface area (TPSA) is 68.8 Å². The van der Waals surface area contributed by atoms with Crippen LogP contribution in [0.3, 0.4) is 0 Å². The van der Waals surface area contributed by atoms with Crippen LogP contribution >= 0.6 is 0 Å². The smallest absolute Gasteiger partial charge is 0.543 e. The van der Waals surface area contributed by atoms with Crippen LogP contribution in [-0.2, 0) is 0 Å². The zero-order chi connectivity index (χ0) is 10.8. The van der Waals surface area contributed by atoms with Gasteiger partial charge in [-0.15, -0.1) is 0 Å². The maximum atomic E-state index is 12.5. The van der Waals surface area contributed by atoms with Gasteiger partial charge in [0.1, 0.15) is 0 Å². The third-order valence-corrected chi connectivity index (χ3v) is 1.96. The molecule has 1 N–H and O–H groups in total. The monoisotopic (exact) mass is 228 g/mol. The Morgan fingerprint density at radius 1 is 1.38 bits per heavy atom. The fourth-order valence-corrected chi connectivity index (χ4v) is 1.23. The van der Waals surface area contributed by atoms with E-state index in [1.165, 1.54) is 30.6 Å². The SMILES string of the molecule is O=C([O-])c1cc(-c2ccc(F)nc2)c[nH]1.[Na+]. The van der Waals surface area contributed by atoms with Gasteiger partial charge in [-0.25, -0.2) is 4.98 Å². The van der Waals surface area contributed by atoms with Crippen LogP contribution in [0.15, 0.2) is 30.6 Å². The van der Waals surface area contributed by atoms with Gasteiger partial charge in [0.05, 0.1) is 11.7 Å². The van der Waals surface area contributed by atoms with E-state index >= 15 is 0 Å². The van der Waals surface area contributed by atoms with E-state index in [4.69, 9.17) is 0 Å². The minimum atomic E-state index is -1.28. The number of aromatic nitrogens is 2. The summed E-state index contributed by atoms with van der Waals surface area (Å²) in [4.78, 5) is 16.5. The summed E-state index contributed by atoms with van der Waals surface area (Å²) in [5, 5.41) is 10.5. The zero-order valence-corrected chi connectivity index (χ0v) is 10.5. The first-order chi connectivity index (χ1) is 7.16. The molecule has 0 saturated carbocycles. The van der Waals surface area contributed by atoms with Crippen LogP contribution in [0.5, 0.6) is 0 Å². The van der Waals surface area contributed by atoms with Gasteiger partial charge in [0.25, 0.3) is 0 Å². The summed E-state index contributed by atoms with van der Waals surface area (Å²) in [6, 6.07) is 4.13. The number of pyridine rings is 1. The molecule has 76 valence electrons. The number of nitrogens with one attached hydrogen (secondary N) is 1. The number of halogens is 1. The van der Waals surface area contributed by atoms with Gasteiger partial charge in [0, 0.05) is 23.5 Å². The number of aromatic amines is 1. The number of hydrogen-bond acceptors (Lipinski definition) is 3. The predicted octanol–water partition coefficient (Wildman–Crippen LogP) is -2.42. The quantitative estimate of drug-likeness (QED) is 0.459. The molecule has 0 aliphatic heterocycles. The van der Waals surface area contributed by atoms with Gasteiger partial charge in [0.15, 0.2) is 0 Å². The van der Waals surface area contributed by atoms with Crippen molar-refractivity contribution in [3.63, 3.8) is 0 Å². The van der Waals surface area contributed by atoms with Crippen LogP contribution in [0.1, 0.15) is 10.5 Å². The number of rotatable bonds is 2. The van der Waals surface area contributed by atoms with Crippen molar-refractivity contribution in [2.24, 2.45) is 0 Å². The average Bonchev–Trinajstić information content (AvgIpc) is 2.68. The van der Waals surface area contributed by atoms with Gasteiger partial charge in [-0.3, -0.25) is 0 Å². The minimum Gasteiger partial charge on any atom is -0.543 e. The van der Waals surface area contributed by atoms with Crippen LogP contribution in [0, 0.1) is 5.95 Å². The number of carboxylic acid groups (broad SMARTS) is 1. The molecule has 0 amide bonds. The Kier molecular flexibility index (Phi) is 4.23. The van der Waals surface area contributed by atoms with E-state index in [1.54, 1.807) is 0 Å². The first-order valence-corrected chi connectivity index (χ1v) is 4.18. The molecular weight excluding hydrogens is 222 g/mol. The first-order valence-electron chi connectivity index (χ1n) is 4.18. The van der Waals surface area contributed by atoms with E-state index in [-0.39, 0.29) is 35.3 Å². The molecule has 0 aliphatic carbocycles. The molecule has 2 aromatic heterocycles. The number of carboxylic acids is 1. The zero-order valence-electron chi connectivity index (χ0n) is 8.53. The van der Waals surface area contributed by atoms with Crippen molar-refractivity contribution in [3.05, 3.63) is 42.2 Å². The summed E-state index contributed by atoms with van der Waals surface area (Å²) in [6.45, 7) is 0. The molecule has 0 bridgehead atoms. The standard InChI is InChI=1S/C10H7FN2O2.Na/c11-9-2-1-6(4-13-9)7-3-8(10(14)15)12-5-7;/h1-5,12H,(H,14,15);/q;+1/p-1. The molecule has 2 heterocycles. The molecule has 2 rings (SSSR count). The number of carbonyl (C=O) groups excluding carboxylic acids is 1. The third kappa shape index (κ3) is 2.69. The maximum Gasteiger partial charge on any atom is 1.00 e.